The number of amides is 1. The smallest absolute Gasteiger partial charge is 0.265 e. The van der Waals surface area contributed by atoms with Crippen LogP contribution in [0.5, 0.6) is 0 Å². The van der Waals surface area contributed by atoms with Crippen LogP contribution in [-0.2, 0) is 6.54 Å². The Morgan fingerprint density at radius 3 is 2.65 bits per heavy atom. The second-order valence-electron chi connectivity index (χ2n) is 4.43. The highest BCUT2D eigenvalue weighted by molar-refractivity contribution is 7.73. The zero-order valence-corrected chi connectivity index (χ0v) is 13.1. The predicted octanol–water partition coefficient (Wildman–Crippen LogP) is 3.37. The van der Waals surface area contributed by atoms with Crippen LogP contribution in [0.15, 0.2) is 30.3 Å². The molecule has 0 saturated carbocycles. The first-order chi connectivity index (χ1) is 9.54. The second-order valence-corrected chi connectivity index (χ2v) is 6.08. The number of thiazole rings is 1. The number of rotatable bonds is 4. The average Bonchev–Trinajstić information content (AvgIpc) is 2.74. The van der Waals surface area contributed by atoms with Gasteiger partial charge >= 0.3 is 0 Å². The highest BCUT2D eigenvalue weighted by atomic mass is 32.1. The number of benzene rings is 1. The highest BCUT2D eigenvalue weighted by Crippen LogP contribution is 2.23. The van der Waals surface area contributed by atoms with Gasteiger partial charge in [0.15, 0.2) is 3.95 Å². The van der Waals surface area contributed by atoms with E-state index in [1.54, 1.807) is 4.57 Å². The third kappa shape index (κ3) is 2.91. The molecule has 0 saturated heterocycles. The third-order valence-corrected chi connectivity index (χ3v) is 4.57. The number of nitrogen functional groups attached to an aromatic ring is 1. The van der Waals surface area contributed by atoms with Gasteiger partial charge in [0.2, 0.25) is 0 Å². The maximum atomic E-state index is 12.3. The minimum absolute atomic E-state index is 0.0751. The Balaban J connectivity index is 2.19. The van der Waals surface area contributed by atoms with Crippen molar-refractivity contribution in [1.82, 2.24) is 9.88 Å². The van der Waals surface area contributed by atoms with Gasteiger partial charge in [-0.3, -0.25) is 4.79 Å². The Labute approximate surface area is 127 Å². The normalized spacial score (nSPS) is 12.1. The van der Waals surface area contributed by atoms with E-state index in [0.29, 0.717) is 21.2 Å². The molecule has 0 aliphatic heterocycles. The number of hydrogen-bond acceptors (Lipinski definition) is 4. The molecule has 4 nitrogen and oxygen atoms in total. The van der Waals surface area contributed by atoms with Crippen LogP contribution in [0.25, 0.3) is 0 Å². The zero-order valence-electron chi connectivity index (χ0n) is 11.4. The van der Waals surface area contributed by atoms with E-state index in [2.05, 4.69) is 5.32 Å². The predicted molar refractivity (Wildman–Crippen MR) is 85.6 cm³/mol. The minimum Gasteiger partial charge on any atom is -0.384 e. The van der Waals surface area contributed by atoms with Gasteiger partial charge in [-0.15, -0.1) is 0 Å². The molecular formula is C14H17N3OS2. The van der Waals surface area contributed by atoms with Crippen molar-refractivity contribution < 1.29 is 4.79 Å². The lowest BCUT2D eigenvalue weighted by molar-refractivity contribution is 0.0944. The molecule has 0 unspecified atom stereocenters. The summed E-state index contributed by atoms with van der Waals surface area (Å²) in [6, 6.07) is 9.73. The molecule has 0 radical (unpaired) electrons. The number of nitrogens with zero attached hydrogens (tertiary/aromatic N) is 1. The molecule has 1 atom stereocenters. The van der Waals surface area contributed by atoms with Crippen LogP contribution in [0.3, 0.4) is 0 Å². The summed E-state index contributed by atoms with van der Waals surface area (Å²) in [6.45, 7) is 4.56. The lowest BCUT2D eigenvalue weighted by atomic mass is 10.1. The number of hydrogen-bond donors (Lipinski definition) is 2. The van der Waals surface area contributed by atoms with Crippen molar-refractivity contribution >= 4 is 35.3 Å². The van der Waals surface area contributed by atoms with Gasteiger partial charge in [-0.2, -0.15) is 0 Å². The first-order valence-electron chi connectivity index (χ1n) is 6.39. The van der Waals surface area contributed by atoms with Crippen LogP contribution in [0.2, 0.25) is 0 Å². The van der Waals surface area contributed by atoms with Crippen molar-refractivity contribution in [2.24, 2.45) is 0 Å². The van der Waals surface area contributed by atoms with E-state index in [4.69, 9.17) is 18.0 Å². The van der Waals surface area contributed by atoms with Gasteiger partial charge in [0.1, 0.15) is 10.7 Å². The third-order valence-electron chi connectivity index (χ3n) is 3.10. The van der Waals surface area contributed by atoms with Crippen molar-refractivity contribution in [3.63, 3.8) is 0 Å². The van der Waals surface area contributed by atoms with Gasteiger partial charge in [-0.05, 0) is 31.6 Å². The number of nitrogens with one attached hydrogen (secondary N) is 1. The summed E-state index contributed by atoms with van der Waals surface area (Å²) >= 11 is 6.46. The monoisotopic (exact) mass is 307 g/mol. The summed E-state index contributed by atoms with van der Waals surface area (Å²) in [5.41, 5.74) is 7.03. The van der Waals surface area contributed by atoms with Crippen molar-refractivity contribution in [3.8, 4) is 0 Å². The van der Waals surface area contributed by atoms with Crippen LogP contribution in [0, 0.1) is 3.95 Å². The summed E-state index contributed by atoms with van der Waals surface area (Å²) in [6.07, 6.45) is 0. The maximum absolute atomic E-state index is 12.3. The molecule has 20 heavy (non-hydrogen) atoms. The van der Waals surface area contributed by atoms with Gasteiger partial charge in [0.05, 0.1) is 6.04 Å². The molecule has 0 bridgehead atoms. The average molecular weight is 307 g/mol. The van der Waals surface area contributed by atoms with Gasteiger partial charge in [0.25, 0.3) is 5.91 Å². The summed E-state index contributed by atoms with van der Waals surface area (Å²) in [5, 5.41) is 2.95. The van der Waals surface area contributed by atoms with E-state index in [9.17, 15) is 4.79 Å². The summed E-state index contributed by atoms with van der Waals surface area (Å²) < 4.78 is 2.39. The molecule has 0 fully saturated rings. The molecule has 1 amide bonds. The lowest BCUT2D eigenvalue weighted by Crippen LogP contribution is -2.26. The molecule has 106 valence electrons. The number of nitrogens with two attached hydrogens (primary N) is 1. The van der Waals surface area contributed by atoms with E-state index in [1.807, 2.05) is 44.2 Å². The summed E-state index contributed by atoms with van der Waals surface area (Å²) in [4.78, 5) is 12.8. The van der Waals surface area contributed by atoms with Crippen LogP contribution >= 0.6 is 23.6 Å². The molecule has 0 aliphatic rings. The van der Waals surface area contributed by atoms with Crippen LogP contribution in [-0.4, -0.2) is 10.5 Å². The molecule has 0 aliphatic carbocycles. The minimum atomic E-state index is -0.179. The van der Waals surface area contributed by atoms with E-state index in [-0.39, 0.29) is 11.9 Å². The van der Waals surface area contributed by atoms with Gasteiger partial charge < -0.3 is 15.6 Å². The molecule has 0 spiro atoms. The molecule has 3 N–H and O–H groups in total. The molecule has 1 aromatic heterocycles. The van der Waals surface area contributed by atoms with E-state index in [0.717, 1.165) is 5.56 Å². The topological polar surface area (TPSA) is 60.0 Å². The van der Waals surface area contributed by atoms with Crippen LogP contribution in [0.1, 0.15) is 35.1 Å². The lowest BCUT2D eigenvalue weighted by Gasteiger charge is -2.13. The first-order valence-corrected chi connectivity index (χ1v) is 7.62. The van der Waals surface area contributed by atoms with Crippen molar-refractivity contribution in [3.05, 3.63) is 44.7 Å². The fourth-order valence-corrected chi connectivity index (χ4v) is 3.32. The maximum Gasteiger partial charge on any atom is 0.265 e. The molecule has 2 rings (SSSR count). The number of carbonyl (C=O) groups is 1. The van der Waals surface area contributed by atoms with E-state index in [1.165, 1.54) is 11.3 Å². The first kappa shape index (κ1) is 14.7. The van der Waals surface area contributed by atoms with Gasteiger partial charge in [-0.25, -0.2) is 0 Å². The van der Waals surface area contributed by atoms with Gasteiger partial charge in [0, 0.05) is 6.54 Å². The molecular weight excluding hydrogens is 290 g/mol. The Morgan fingerprint density at radius 2 is 2.10 bits per heavy atom. The zero-order chi connectivity index (χ0) is 14.7. The Morgan fingerprint density at radius 1 is 1.45 bits per heavy atom. The molecule has 1 heterocycles. The largest absolute Gasteiger partial charge is 0.384 e. The SMILES string of the molecule is CCn1c(N)c(C(=O)N[C@@H](C)c2ccccc2)sc1=S. The van der Waals surface area contributed by atoms with Crippen LogP contribution < -0.4 is 11.1 Å². The standard InChI is InChI=1S/C14H17N3OS2/c1-3-17-12(15)11(20-14(17)19)13(18)16-9(2)10-7-5-4-6-8-10/h4-9H,3,15H2,1-2H3,(H,16,18)/t9-/m0/s1. The molecule has 1 aromatic carbocycles. The Kier molecular flexibility index (Phi) is 4.57. The highest BCUT2D eigenvalue weighted by Gasteiger charge is 2.18. The fourth-order valence-electron chi connectivity index (χ4n) is 1.96. The van der Waals surface area contributed by atoms with Gasteiger partial charge in [-0.1, -0.05) is 41.7 Å². The van der Waals surface area contributed by atoms with Crippen molar-refractivity contribution in [2.45, 2.75) is 26.4 Å². The summed E-state index contributed by atoms with van der Waals surface area (Å²) in [5.74, 6) is 0.266. The van der Waals surface area contributed by atoms with E-state index >= 15 is 0 Å². The second kappa shape index (κ2) is 6.19. The molecule has 6 heteroatoms. The van der Waals surface area contributed by atoms with Crippen LogP contribution in [0.4, 0.5) is 5.82 Å². The van der Waals surface area contributed by atoms with Crippen molar-refractivity contribution in [2.75, 3.05) is 5.73 Å². The number of aromatic nitrogens is 1. The summed E-state index contributed by atoms with van der Waals surface area (Å²) in [7, 11) is 0. The van der Waals surface area contributed by atoms with E-state index < -0.39 is 0 Å². The number of carbonyl (C=O) groups excluding carboxylic acids is 1. The quantitative estimate of drug-likeness (QED) is 0.851. The fraction of sp³-hybridized carbons (Fsp3) is 0.286. The Bertz CT molecular complexity index is 661. The number of anilines is 1. The Hall–Kier alpha value is -1.66. The van der Waals surface area contributed by atoms with Crippen molar-refractivity contribution in [1.29, 1.82) is 0 Å². The molecule has 2 aromatic rings.